The zero-order valence-electron chi connectivity index (χ0n) is 8.21. The smallest absolute Gasteiger partial charge is 0.310 e. The molecule has 0 aliphatic carbocycles. The van der Waals surface area contributed by atoms with E-state index in [9.17, 15) is 4.79 Å². The average molecular weight is 208 g/mol. The van der Waals surface area contributed by atoms with Crippen LogP contribution in [0.15, 0.2) is 0 Å². The Morgan fingerprint density at radius 3 is 2.85 bits per heavy atom. The van der Waals surface area contributed by atoms with Gasteiger partial charge in [0, 0.05) is 6.54 Å². The quantitative estimate of drug-likeness (QED) is 0.692. The highest BCUT2D eigenvalue weighted by Gasteiger charge is 2.28. The Balaban J connectivity index is 0.00000144. The largest absolute Gasteiger partial charge is 0.466 e. The summed E-state index contributed by atoms with van der Waals surface area (Å²) < 4.78 is 4.97. The monoisotopic (exact) mass is 207 g/mol. The molecule has 0 amide bonds. The minimum atomic E-state index is -0.0443. The van der Waals surface area contributed by atoms with Crippen LogP contribution in [0.4, 0.5) is 0 Å². The van der Waals surface area contributed by atoms with Gasteiger partial charge in [0.1, 0.15) is 0 Å². The van der Waals surface area contributed by atoms with Crippen molar-refractivity contribution in [2.24, 2.45) is 11.8 Å². The number of hydrogen-bond acceptors (Lipinski definition) is 3. The Labute approximate surface area is 85.6 Å². The SMILES string of the molecule is CCOC(=O)C1CNCCC1C.Cl. The van der Waals surface area contributed by atoms with Crippen LogP contribution in [0, 0.1) is 11.8 Å². The molecule has 1 heterocycles. The number of hydrogen-bond donors (Lipinski definition) is 1. The Kier molecular flexibility index (Phi) is 6.08. The highest BCUT2D eigenvalue weighted by molar-refractivity contribution is 5.85. The molecule has 3 nitrogen and oxygen atoms in total. The molecule has 4 heteroatoms. The number of carbonyl (C=O) groups excluding carboxylic acids is 1. The lowest BCUT2D eigenvalue weighted by atomic mass is 9.88. The summed E-state index contributed by atoms with van der Waals surface area (Å²) in [5.41, 5.74) is 0. The van der Waals surface area contributed by atoms with Gasteiger partial charge in [0.05, 0.1) is 12.5 Å². The zero-order chi connectivity index (χ0) is 8.97. The topological polar surface area (TPSA) is 38.3 Å². The van der Waals surface area contributed by atoms with Gasteiger partial charge in [-0.2, -0.15) is 0 Å². The van der Waals surface area contributed by atoms with E-state index in [1.807, 2.05) is 6.92 Å². The highest BCUT2D eigenvalue weighted by Crippen LogP contribution is 2.19. The van der Waals surface area contributed by atoms with E-state index in [0.717, 1.165) is 19.5 Å². The third-order valence-corrected chi connectivity index (χ3v) is 2.42. The average Bonchev–Trinajstić information content (AvgIpc) is 2.05. The van der Waals surface area contributed by atoms with Crippen LogP contribution in [-0.4, -0.2) is 25.7 Å². The van der Waals surface area contributed by atoms with Crippen molar-refractivity contribution in [1.82, 2.24) is 5.32 Å². The van der Waals surface area contributed by atoms with Gasteiger partial charge < -0.3 is 10.1 Å². The predicted octanol–water partition coefficient (Wildman–Crippen LogP) is 1.22. The van der Waals surface area contributed by atoms with Crippen LogP contribution in [0.1, 0.15) is 20.3 Å². The summed E-state index contributed by atoms with van der Waals surface area (Å²) >= 11 is 0. The molecule has 2 atom stereocenters. The molecule has 0 aromatic carbocycles. The fourth-order valence-corrected chi connectivity index (χ4v) is 1.55. The van der Waals surface area contributed by atoms with Crippen LogP contribution in [0.25, 0.3) is 0 Å². The second-order valence-electron chi connectivity index (χ2n) is 3.33. The van der Waals surface area contributed by atoms with Crippen molar-refractivity contribution >= 4 is 18.4 Å². The van der Waals surface area contributed by atoms with Crippen LogP contribution in [0.2, 0.25) is 0 Å². The molecule has 1 N–H and O–H groups in total. The van der Waals surface area contributed by atoms with Crippen molar-refractivity contribution in [2.45, 2.75) is 20.3 Å². The van der Waals surface area contributed by atoms with Crippen molar-refractivity contribution in [3.8, 4) is 0 Å². The normalized spacial score (nSPS) is 27.5. The summed E-state index contributed by atoms with van der Waals surface area (Å²) in [6, 6.07) is 0. The molecule has 1 aliphatic heterocycles. The molecule has 0 spiro atoms. The molecule has 1 fully saturated rings. The maximum absolute atomic E-state index is 11.3. The molecular formula is C9H18ClNO2. The van der Waals surface area contributed by atoms with Crippen LogP contribution < -0.4 is 5.32 Å². The molecule has 0 saturated carbocycles. The van der Waals surface area contributed by atoms with Crippen molar-refractivity contribution < 1.29 is 9.53 Å². The van der Waals surface area contributed by atoms with E-state index in [1.165, 1.54) is 0 Å². The molecule has 78 valence electrons. The zero-order valence-corrected chi connectivity index (χ0v) is 9.02. The first-order valence-electron chi connectivity index (χ1n) is 4.63. The highest BCUT2D eigenvalue weighted by atomic mass is 35.5. The van der Waals surface area contributed by atoms with E-state index >= 15 is 0 Å². The molecule has 1 aliphatic rings. The van der Waals surface area contributed by atoms with Crippen molar-refractivity contribution in [2.75, 3.05) is 19.7 Å². The third kappa shape index (κ3) is 3.53. The van der Waals surface area contributed by atoms with Crippen LogP contribution >= 0.6 is 12.4 Å². The number of esters is 1. The lowest BCUT2D eigenvalue weighted by molar-refractivity contribution is -0.150. The first-order chi connectivity index (χ1) is 5.75. The molecule has 13 heavy (non-hydrogen) atoms. The van der Waals surface area contributed by atoms with Gasteiger partial charge in [-0.3, -0.25) is 4.79 Å². The molecule has 0 radical (unpaired) electrons. The Bertz CT molecular complexity index is 164. The van der Waals surface area contributed by atoms with E-state index in [1.54, 1.807) is 0 Å². The van der Waals surface area contributed by atoms with Gasteiger partial charge in [-0.15, -0.1) is 12.4 Å². The Hall–Kier alpha value is -0.280. The second kappa shape index (κ2) is 6.22. The van der Waals surface area contributed by atoms with Gasteiger partial charge in [0.15, 0.2) is 0 Å². The van der Waals surface area contributed by atoms with Gasteiger partial charge in [-0.25, -0.2) is 0 Å². The van der Waals surface area contributed by atoms with Gasteiger partial charge in [-0.05, 0) is 25.8 Å². The van der Waals surface area contributed by atoms with Gasteiger partial charge >= 0.3 is 5.97 Å². The van der Waals surface area contributed by atoms with E-state index in [4.69, 9.17) is 4.74 Å². The van der Waals surface area contributed by atoms with E-state index in [0.29, 0.717) is 12.5 Å². The van der Waals surface area contributed by atoms with E-state index in [-0.39, 0.29) is 24.3 Å². The fourth-order valence-electron chi connectivity index (χ4n) is 1.55. The van der Waals surface area contributed by atoms with Gasteiger partial charge in [-0.1, -0.05) is 6.92 Å². The lowest BCUT2D eigenvalue weighted by Crippen LogP contribution is -2.40. The van der Waals surface area contributed by atoms with Gasteiger partial charge in [0.25, 0.3) is 0 Å². The summed E-state index contributed by atoms with van der Waals surface area (Å²) in [5.74, 6) is 0.487. The summed E-state index contributed by atoms with van der Waals surface area (Å²) in [6.07, 6.45) is 1.07. The standard InChI is InChI=1S/C9H17NO2.ClH/c1-3-12-9(11)8-6-10-5-4-7(8)2;/h7-8,10H,3-6H2,1-2H3;1H. The van der Waals surface area contributed by atoms with E-state index < -0.39 is 0 Å². The molecular weight excluding hydrogens is 190 g/mol. The maximum Gasteiger partial charge on any atom is 0.310 e. The van der Waals surface area contributed by atoms with Crippen LogP contribution in [0.3, 0.4) is 0 Å². The van der Waals surface area contributed by atoms with Gasteiger partial charge in [0.2, 0.25) is 0 Å². The predicted molar refractivity (Wildman–Crippen MR) is 54.0 cm³/mol. The maximum atomic E-state index is 11.3. The fraction of sp³-hybridized carbons (Fsp3) is 0.889. The minimum Gasteiger partial charge on any atom is -0.466 e. The molecule has 0 aromatic heterocycles. The molecule has 0 aromatic rings. The minimum absolute atomic E-state index is 0. The van der Waals surface area contributed by atoms with E-state index in [2.05, 4.69) is 12.2 Å². The number of carbonyl (C=O) groups is 1. The lowest BCUT2D eigenvalue weighted by Gasteiger charge is -2.27. The number of ether oxygens (including phenoxy) is 1. The van der Waals surface area contributed by atoms with Crippen molar-refractivity contribution in [3.05, 3.63) is 0 Å². The second-order valence-corrected chi connectivity index (χ2v) is 3.33. The number of piperidine rings is 1. The Morgan fingerprint density at radius 2 is 2.31 bits per heavy atom. The third-order valence-electron chi connectivity index (χ3n) is 2.42. The van der Waals surface area contributed by atoms with Crippen molar-refractivity contribution in [1.29, 1.82) is 0 Å². The molecule has 0 bridgehead atoms. The number of halogens is 1. The first-order valence-corrected chi connectivity index (χ1v) is 4.63. The summed E-state index contributed by atoms with van der Waals surface area (Å²) in [6.45, 7) is 6.25. The van der Waals surface area contributed by atoms with Crippen LogP contribution in [-0.2, 0) is 9.53 Å². The number of nitrogens with one attached hydrogen (secondary N) is 1. The summed E-state index contributed by atoms with van der Waals surface area (Å²) in [4.78, 5) is 11.3. The molecule has 1 saturated heterocycles. The summed E-state index contributed by atoms with van der Waals surface area (Å²) in [5, 5.41) is 3.20. The molecule has 2 unspecified atom stereocenters. The molecule has 1 rings (SSSR count). The first kappa shape index (κ1) is 12.7. The van der Waals surface area contributed by atoms with Crippen LogP contribution in [0.5, 0.6) is 0 Å². The van der Waals surface area contributed by atoms with Crippen molar-refractivity contribution in [3.63, 3.8) is 0 Å². The number of rotatable bonds is 2. The Morgan fingerprint density at radius 1 is 1.62 bits per heavy atom. The summed E-state index contributed by atoms with van der Waals surface area (Å²) in [7, 11) is 0.